The van der Waals surface area contributed by atoms with Gasteiger partial charge < -0.3 is 24.8 Å². The Labute approximate surface area is 336 Å². The Morgan fingerprint density at radius 2 is 0.855 bits per heavy atom. The summed E-state index contributed by atoms with van der Waals surface area (Å²) in [6, 6.07) is 20.5. The first-order chi connectivity index (χ1) is 24.4. The van der Waals surface area contributed by atoms with Crippen molar-refractivity contribution in [2.45, 2.75) is 58.1 Å². The van der Waals surface area contributed by atoms with Crippen LogP contribution in [0.4, 0.5) is 52.7 Å². The first-order valence-electron chi connectivity index (χ1n) is 15.8. The van der Waals surface area contributed by atoms with Gasteiger partial charge in [-0.2, -0.15) is 64.8 Å². The quantitative estimate of drug-likeness (QED) is 0.0956. The van der Waals surface area contributed by atoms with Crippen LogP contribution in [0, 0.1) is 6.92 Å². The van der Waals surface area contributed by atoms with Crippen LogP contribution in [0.15, 0.2) is 97.1 Å². The Balaban J connectivity index is 0.000000336. The molecule has 0 atom stereocenters. The molecule has 294 valence electrons. The molecule has 6 rings (SSSR count). The van der Waals surface area contributed by atoms with Gasteiger partial charge in [0.15, 0.2) is 0 Å². The third-order valence-corrected chi connectivity index (χ3v) is 7.91. The normalized spacial score (nSPS) is 11.9. The molecule has 0 bridgehead atoms. The number of halogens is 14. The van der Waals surface area contributed by atoms with Crippen molar-refractivity contribution in [3.05, 3.63) is 130 Å². The molecule has 0 saturated carbocycles. The molecule has 6 aromatic rings. The van der Waals surface area contributed by atoms with Crippen LogP contribution in [0.25, 0.3) is 43.8 Å². The van der Waals surface area contributed by atoms with E-state index in [0.717, 1.165) is 52.6 Å². The third-order valence-electron chi connectivity index (χ3n) is 7.91. The molecule has 0 amide bonds. The van der Waals surface area contributed by atoms with Crippen molar-refractivity contribution in [1.29, 1.82) is 0 Å². The summed E-state index contributed by atoms with van der Waals surface area (Å²) in [6.45, 7) is 8.36. The molecule has 0 fully saturated rings. The molecule has 0 aliphatic carbocycles. The maximum atomic E-state index is 13.1. The maximum absolute atomic E-state index is 13.1. The molecule has 6 aromatic carbocycles. The van der Waals surface area contributed by atoms with E-state index in [2.05, 4.69) is 13.1 Å². The Morgan fingerprint density at radius 1 is 0.527 bits per heavy atom. The fraction of sp³-hybridized carbons (Fsp3) is 0.231. The monoisotopic (exact) mass is 914 g/mol. The molecule has 55 heavy (non-hydrogen) atoms. The summed E-state index contributed by atoms with van der Waals surface area (Å²) in [7, 11) is 0. The Bertz CT molecular complexity index is 2170. The fourth-order valence-corrected chi connectivity index (χ4v) is 5.61. The van der Waals surface area contributed by atoms with Gasteiger partial charge in [-0.05, 0) is 53.9 Å². The molecule has 0 radical (unpaired) electrons. The van der Waals surface area contributed by atoms with Gasteiger partial charge in [-0.15, -0.1) is 69.1 Å². The first-order valence-corrected chi connectivity index (χ1v) is 22.0. The summed E-state index contributed by atoms with van der Waals surface area (Å²) in [5.74, 6) is 0. The van der Waals surface area contributed by atoms with Crippen LogP contribution in [0.5, 0.6) is 0 Å². The molecule has 0 nitrogen and oxygen atoms in total. The van der Waals surface area contributed by atoms with Crippen LogP contribution >= 0.6 is 0 Å². The van der Waals surface area contributed by atoms with E-state index in [-0.39, 0.29) is 53.5 Å². The molecule has 0 N–H and O–H groups in total. The zero-order chi connectivity index (χ0) is 39.7. The van der Waals surface area contributed by atoms with Crippen LogP contribution in [0.3, 0.4) is 0 Å². The van der Waals surface area contributed by atoms with Gasteiger partial charge in [-0.25, -0.2) is 0 Å². The summed E-state index contributed by atoms with van der Waals surface area (Å²) in [6.07, 6.45) is -18.7. The van der Waals surface area contributed by atoms with Gasteiger partial charge in [0.2, 0.25) is 0 Å². The minimum absolute atomic E-state index is 0. The van der Waals surface area contributed by atoms with Crippen molar-refractivity contribution in [2.24, 2.45) is 0 Å². The molecule has 0 heterocycles. The van der Waals surface area contributed by atoms with Crippen LogP contribution in [0.2, 0.25) is 13.1 Å². The van der Waals surface area contributed by atoms with E-state index in [1.165, 1.54) is 12.1 Å². The largest absolute Gasteiger partial charge is 1.00 e. The minimum Gasteiger partial charge on any atom is -1.00 e. The van der Waals surface area contributed by atoms with E-state index < -0.39 is 47.0 Å². The molecule has 0 aromatic heterocycles. The molecule has 16 heteroatoms. The predicted molar refractivity (Wildman–Crippen MR) is 182 cm³/mol. The van der Waals surface area contributed by atoms with Crippen molar-refractivity contribution in [3.63, 3.8) is 0 Å². The fourth-order valence-electron chi connectivity index (χ4n) is 5.61. The van der Waals surface area contributed by atoms with E-state index in [1.807, 2.05) is 26.0 Å². The summed E-state index contributed by atoms with van der Waals surface area (Å²) < 4.78 is 156. The van der Waals surface area contributed by atoms with Crippen LogP contribution in [-0.2, 0) is 54.5 Å². The van der Waals surface area contributed by atoms with Crippen molar-refractivity contribution in [2.75, 3.05) is 0 Å². The van der Waals surface area contributed by atoms with Crippen molar-refractivity contribution in [1.82, 2.24) is 0 Å². The van der Waals surface area contributed by atoms with Gasteiger partial charge in [0.1, 0.15) is 0 Å². The summed E-state index contributed by atoms with van der Waals surface area (Å²) in [4.78, 5) is 0. The van der Waals surface area contributed by atoms with Gasteiger partial charge in [0.25, 0.3) is 0 Å². The number of rotatable bonds is 3. The smallest absolute Gasteiger partial charge is 0.416 e. The van der Waals surface area contributed by atoms with E-state index in [4.69, 9.17) is 0 Å². The number of aryl methyl sites for hydroxylation is 2. The topological polar surface area (TPSA) is 0 Å². The number of hydrogen-bond donors (Lipinski definition) is 0. The molecule has 0 spiro atoms. The molecular formula is C39H30Cl2F12SiZr-2. The number of hydrogen-bond acceptors (Lipinski definition) is 0. The van der Waals surface area contributed by atoms with E-state index in [0.29, 0.717) is 21.9 Å². The maximum Gasteiger partial charge on any atom is 0.416 e. The Kier molecular flexibility index (Phi) is 16.1. The van der Waals surface area contributed by atoms with Crippen molar-refractivity contribution in [3.8, 4) is 22.3 Å². The first kappa shape index (κ1) is 48.1. The second kappa shape index (κ2) is 18.5. The van der Waals surface area contributed by atoms with Crippen LogP contribution in [0.1, 0.15) is 40.3 Å². The second-order valence-electron chi connectivity index (χ2n) is 12.5. The molecule has 0 saturated heterocycles. The Hall–Kier alpha value is -3.06. The van der Waals surface area contributed by atoms with Crippen LogP contribution < -0.4 is 24.8 Å². The van der Waals surface area contributed by atoms with E-state index >= 15 is 0 Å². The van der Waals surface area contributed by atoms with Gasteiger partial charge in [-0.3, -0.25) is 0 Å². The average molecular weight is 917 g/mol. The van der Waals surface area contributed by atoms with Gasteiger partial charge >= 0.3 is 66.6 Å². The predicted octanol–water partition coefficient (Wildman–Crippen LogP) is 8.19. The minimum atomic E-state index is -4.86. The van der Waals surface area contributed by atoms with Gasteiger partial charge in [0, 0.05) is 0 Å². The van der Waals surface area contributed by atoms with E-state index in [1.54, 1.807) is 59.7 Å². The van der Waals surface area contributed by atoms with Gasteiger partial charge in [-0.1, -0.05) is 37.1 Å². The van der Waals surface area contributed by atoms with Gasteiger partial charge in [0.05, 0.1) is 22.3 Å². The summed E-state index contributed by atoms with van der Waals surface area (Å²) >= 11 is 1.74. The van der Waals surface area contributed by atoms with Crippen molar-refractivity contribution < 1.29 is 101 Å². The molecule has 0 aliphatic heterocycles. The number of benzene rings is 4. The molecule has 0 aliphatic rings. The number of fused-ring (bicyclic) bond motifs is 2. The average Bonchev–Trinajstić information content (AvgIpc) is 3.65. The molecule has 0 unspecified atom stereocenters. The summed E-state index contributed by atoms with van der Waals surface area (Å²) in [5.41, 5.74) is -2.66. The number of alkyl halides is 12. The Morgan fingerprint density at radius 3 is 1.18 bits per heavy atom. The van der Waals surface area contributed by atoms with Crippen molar-refractivity contribution >= 4 is 27.0 Å². The van der Waals surface area contributed by atoms with Crippen LogP contribution in [-0.4, -0.2) is 5.43 Å². The molecular weight excluding hydrogens is 887 g/mol. The third kappa shape index (κ3) is 12.5. The standard InChI is InChI=1S/C19H13F6.C18H11F6.C2H6Si.2ClH.Zr/c1-2-11-6-12-4-3-5-16(17(12)7-11)13-8-14(18(20,21)22)10-15(9-13)19(23,24)25;1-10-5-11-3-2-4-15(16(11)6-10)12-7-13(17(19,20)21)9-14(8-12)18(22,23)24;1-3-2;;;/h3-10H,2H2,1H3;2-9H,1H3;1-2H3;2*1H;/q2*-1;;;;+2/p-2. The SMILES string of the molecule is CCc1cc2c(-c3cc(C(F)(F)F)cc(C(F)(F)F)c3)cccc2[cH-]1.C[Si](C)=[Zr+2].Cc1cc2c(-c3cc(C(F)(F)F)cc(C(F)(F)F)c3)cccc2[cH-]1.[Cl-].[Cl-]. The second-order valence-corrected chi connectivity index (χ2v) is 21.8. The zero-order valence-electron chi connectivity index (χ0n) is 29.2. The zero-order valence-corrected chi connectivity index (χ0v) is 34.2. The van der Waals surface area contributed by atoms with E-state index in [9.17, 15) is 52.7 Å². The summed E-state index contributed by atoms with van der Waals surface area (Å²) in [5, 5.41) is 2.84.